The molecule has 0 unspecified atom stereocenters. The van der Waals surface area contributed by atoms with E-state index in [-0.39, 0.29) is 0 Å². The van der Waals surface area contributed by atoms with Gasteiger partial charge in [0.25, 0.3) is 0 Å². The van der Waals surface area contributed by atoms with Gasteiger partial charge >= 0.3 is 0 Å². The molecule has 0 saturated heterocycles. The highest BCUT2D eigenvalue weighted by Gasteiger charge is 2.16. The molecule has 0 N–H and O–H groups in total. The Morgan fingerprint density at radius 3 is 2.42 bits per heavy atom. The van der Waals surface area contributed by atoms with Gasteiger partial charge in [-0.25, -0.2) is 0 Å². The van der Waals surface area contributed by atoms with Crippen LogP contribution in [0.4, 0.5) is 0 Å². The van der Waals surface area contributed by atoms with Crippen molar-refractivity contribution in [2.45, 2.75) is 19.6 Å². The summed E-state index contributed by atoms with van der Waals surface area (Å²) in [6, 6.07) is 0. The second kappa shape index (κ2) is 3.49. The molecule has 0 aromatic rings. The summed E-state index contributed by atoms with van der Waals surface area (Å²) < 4.78 is 5.75. The summed E-state index contributed by atoms with van der Waals surface area (Å²) in [5.74, 6) is 0. The fraction of sp³-hybridized carbons (Fsp3) is 0.750. The number of nitrogens with zero attached hydrogens (tertiary/aromatic N) is 2. The van der Waals surface area contributed by atoms with E-state index in [4.69, 9.17) is 4.43 Å². The average molecular weight is 186 g/mol. The third kappa shape index (κ3) is 3.28. The van der Waals surface area contributed by atoms with Crippen LogP contribution in [0.5, 0.6) is 0 Å². The lowest BCUT2D eigenvalue weighted by Gasteiger charge is -2.23. The standard InChI is InChI=1S/C8H18N2OSi/c1-9-5-6-10(7-9)8-11-12(2,3)4/h5-6H,7-8H2,1-4H3. The lowest BCUT2D eigenvalue weighted by atomic mass is 10.8. The van der Waals surface area contributed by atoms with Crippen LogP contribution in [0.3, 0.4) is 0 Å². The van der Waals surface area contributed by atoms with Crippen molar-refractivity contribution in [1.29, 1.82) is 0 Å². The summed E-state index contributed by atoms with van der Waals surface area (Å²) in [6.07, 6.45) is 4.13. The van der Waals surface area contributed by atoms with Crippen molar-refractivity contribution in [1.82, 2.24) is 9.80 Å². The van der Waals surface area contributed by atoms with Gasteiger partial charge < -0.3 is 14.2 Å². The van der Waals surface area contributed by atoms with Crippen molar-refractivity contribution < 1.29 is 4.43 Å². The minimum Gasteiger partial charge on any atom is -0.400 e. The molecule has 1 aliphatic rings. The van der Waals surface area contributed by atoms with Crippen molar-refractivity contribution in [3.05, 3.63) is 12.4 Å². The first kappa shape index (κ1) is 9.60. The molecule has 0 bridgehead atoms. The van der Waals surface area contributed by atoms with Gasteiger partial charge in [0.15, 0.2) is 8.32 Å². The maximum Gasteiger partial charge on any atom is 0.186 e. The Labute approximate surface area is 75.7 Å². The van der Waals surface area contributed by atoms with Gasteiger partial charge in [0.05, 0.1) is 6.67 Å². The second-order valence-electron chi connectivity index (χ2n) is 4.17. The minimum atomic E-state index is -1.34. The highest BCUT2D eigenvalue weighted by atomic mass is 28.4. The lowest BCUT2D eigenvalue weighted by Crippen LogP contribution is -2.33. The van der Waals surface area contributed by atoms with Crippen LogP contribution in [0.1, 0.15) is 0 Å². The SMILES string of the molecule is CN1C=CN(CO[Si](C)(C)C)C1. The predicted octanol–water partition coefficient (Wildman–Crippen LogP) is 1.47. The second-order valence-corrected chi connectivity index (χ2v) is 8.68. The fourth-order valence-electron chi connectivity index (χ4n) is 0.949. The van der Waals surface area contributed by atoms with Crippen LogP contribution in [0.2, 0.25) is 19.6 Å². The van der Waals surface area contributed by atoms with E-state index in [9.17, 15) is 0 Å². The molecule has 0 atom stereocenters. The molecule has 12 heavy (non-hydrogen) atoms. The third-order valence-electron chi connectivity index (χ3n) is 1.60. The van der Waals surface area contributed by atoms with Gasteiger partial charge in [-0.15, -0.1) is 0 Å². The normalized spacial score (nSPS) is 17.7. The number of hydrogen-bond acceptors (Lipinski definition) is 3. The fourth-order valence-corrected chi connectivity index (χ4v) is 1.50. The molecule has 4 heteroatoms. The van der Waals surface area contributed by atoms with Crippen LogP contribution in [0.25, 0.3) is 0 Å². The Hall–Kier alpha value is -0.483. The van der Waals surface area contributed by atoms with E-state index < -0.39 is 8.32 Å². The Balaban J connectivity index is 2.21. The van der Waals surface area contributed by atoms with Crippen LogP contribution < -0.4 is 0 Å². The molecule has 0 spiro atoms. The van der Waals surface area contributed by atoms with Crippen LogP contribution in [0, 0.1) is 0 Å². The largest absolute Gasteiger partial charge is 0.400 e. The molecule has 1 heterocycles. The van der Waals surface area contributed by atoms with E-state index >= 15 is 0 Å². The maximum atomic E-state index is 5.75. The molecular formula is C8H18N2OSi. The van der Waals surface area contributed by atoms with Gasteiger partial charge in [-0.05, 0) is 19.6 Å². The Kier molecular flexibility index (Phi) is 2.79. The summed E-state index contributed by atoms with van der Waals surface area (Å²) in [4.78, 5) is 4.30. The van der Waals surface area contributed by atoms with Gasteiger partial charge in [-0.3, -0.25) is 0 Å². The monoisotopic (exact) mass is 186 g/mol. The Morgan fingerprint density at radius 1 is 1.33 bits per heavy atom. The summed E-state index contributed by atoms with van der Waals surface area (Å²) >= 11 is 0. The van der Waals surface area contributed by atoms with Gasteiger partial charge in [0.2, 0.25) is 0 Å². The van der Waals surface area contributed by atoms with E-state index in [1.807, 2.05) is 0 Å². The predicted molar refractivity (Wildman–Crippen MR) is 52.9 cm³/mol. The van der Waals surface area contributed by atoms with Crippen LogP contribution in [0.15, 0.2) is 12.4 Å². The smallest absolute Gasteiger partial charge is 0.186 e. The van der Waals surface area contributed by atoms with Crippen molar-refractivity contribution >= 4 is 8.32 Å². The van der Waals surface area contributed by atoms with E-state index in [1.165, 1.54) is 0 Å². The van der Waals surface area contributed by atoms with Crippen molar-refractivity contribution in [2.24, 2.45) is 0 Å². The van der Waals surface area contributed by atoms with Crippen molar-refractivity contribution in [3.8, 4) is 0 Å². The molecular weight excluding hydrogens is 168 g/mol. The molecule has 1 aliphatic heterocycles. The molecule has 0 aromatic carbocycles. The minimum absolute atomic E-state index is 0.733. The summed E-state index contributed by atoms with van der Waals surface area (Å²) in [7, 11) is 0.720. The van der Waals surface area contributed by atoms with E-state index in [1.54, 1.807) is 0 Å². The number of rotatable bonds is 3. The van der Waals surface area contributed by atoms with E-state index in [0.29, 0.717) is 0 Å². The zero-order valence-corrected chi connectivity index (χ0v) is 9.37. The molecule has 0 aliphatic carbocycles. The van der Waals surface area contributed by atoms with E-state index in [2.05, 4.69) is 48.9 Å². The van der Waals surface area contributed by atoms with Gasteiger partial charge in [0, 0.05) is 19.4 Å². The maximum absolute atomic E-state index is 5.75. The third-order valence-corrected chi connectivity index (χ3v) is 2.60. The topological polar surface area (TPSA) is 15.7 Å². The van der Waals surface area contributed by atoms with Gasteiger partial charge in [-0.2, -0.15) is 0 Å². The molecule has 0 fully saturated rings. The van der Waals surface area contributed by atoms with E-state index in [0.717, 1.165) is 13.4 Å². The van der Waals surface area contributed by atoms with Gasteiger partial charge in [-0.1, -0.05) is 0 Å². The first-order valence-corrected chi connectivity index (χ1v) is 7.65. The summed E-state index contributed by atoms with van der Waals surface area (Å²) in [6.45, 7) is 8.30. The van der Waals surface area contributed by atoms with Crippen LogP contribution in [-0.2, 0) is 4.43 Å². The Bertz CT molecular complexity index is 176. The molecule has 1 rings (SSSR count). The molecule has 0 radical (unpaired) electrons. The first-order chi connectivity index (χ1) is 5.47. The Morgan fingerprint density at radius 2 is 2.00 bits per heavy atom. The van der Waals surface area contributed by atoms with Gasteiger partial charge in [0.1, 0.15) is 6.73 Å². The molecule has 0 saturated carbocycles. The summed E-state index contributed by atoms with van der Waals surface area (Å²) in [5, 5.41) is 0. The highest BCUT2D eigenvalue weighted by molar-refractivity contribution is 6.69. The highest BCUT2D eigenvalue weighted by Crippen LogP contribution is 2.07. The molecule has 0 amide bonds. The van der Waals surface area contributed by atoms with Crippen molar-refractivity contribution in [3.63, 3.8) is 0 Å². The summed E-state index contributed by atoms with van der Waals surface area (Å²) in [5.41, 5.74) is 0. The molecule has 0 aromatic heterocycles. The lowest BCUT2D eigenvalue weighted by molar-refractivity contribution is 0.148. The van der Waals surface area contributed by atoms with Crippen molar-refractivity contribution in [2.75, 3.05) is 20.4 Å². The quantitative estimate of drug-likeness (QED) is 0.621. The zero-order valence-electron chi connectivity index (χ0n) is 8.37. The number of hydrogen-bond donors (Lipinski definition) is 0. The molecule has 3 nitrogen and oxygen atoms in total. The zero-order chi connectivity index (χ0) is 9.19. The molecule has 70 valence electrons. The first-order valence-electron chi connectivity index (χ1n) is 4.24. The average Bonchev–Trinajstić information content (AvgIpc) is 2.30. The van der Waals surface area contributed by atoms with Crippen LogP contribution in [-0.4, -0.2) is 38.6 Å². The van der Waals surface area contributed by atoms with Crippen LogP contribution >= 0.6 is 0 Å².